The zero-order valence-electron chi connectivity index (χ0n) is 13.3. The lowest BCUT2D eigenvalue weighted by molar-refractivity contribution is -0.134. The van der Waals surface area contributed by atoms with E-state index in [1.165, 1.54) is 11.3 Å². The minimum atomic E-state index is -0.598. The molecule has 1 N–H and O–H groups in total. The topological polar surface area (TPSA) is 79.0 Å². The summed E-state index contributed by atoms with van der Waals surface area (Å²) in [6.07, 6.45) is -0.348. The second-order valence-electron chi connectivity index (χ2n) is 5.18. The highest BCUT2D eigenvalue weighted by atomic mass is 32.1. The number of carbonyl (C=O) groups excluding carboxylic acids is 3. The molecule has 8 heteroatoms. The average Bonchev–Trinajstić information content (AvgIpc) is 3.09. The maximum absolute atomic E-state index is 12.4. The van der Waals surface area contributed by atoms with Crippen LogP contribution in [0.2, 0.25) is 0 Å². The monoisotopic (exact) mass is 339 g/mol. The third kappa shape index (κ3) is 4.44. The van der Waals surface area contributed by atoms with Crippen LogP contribution in [0.4, 0.5) is 4.79 Å². The summed E-state index contributed by atoms with van der Waals surface area (Å²) in [6, 6.07) is 2.91. The summed E-state index contributed by atoms with van der Waals surface area (Å²) in [7, 11) is 0. The standard InChI is InChI=1S/C15H21N3O4S/c1-3-22-15(21)18-8-6-17(7-9-18)14(20)11(2)16-13(19)12-5-4-10-23-12/h4-5,10-11H,3,6-9H2,1-2H3,(H,16,19)/t11-/m0/s1. The summed E-state index contributed by atoms with van der Waals surface area (Å²) in [4.78, 5) is 39.8. The van der Waals surface area contributed by atoms with Crippen molar-refractivity contribution in [2.45, 2.75) is 19.9 Å². The number of rotatable bonds is 4. The van der Waals surface area contributed by atoms with Gasteiger partial charge in [-0.3, -0.25) is 9.59 Å². The molecule has 0 spiro atoms. The van der Waals surface area contributed by atoms with Crippen LogP contribution in [0.3, 0.4) is 0 Å². The molecule has 1 aromatic heterocycles. The van der Waals surface area contributed by atoms with Crippen molar-refractivity contribution in [2.75, 3.05) is 32.8 Å². The van der Waals surface area contributed by atoms with Gasteiger partial charge in [0.1, 0.15) is 6.04 Å². The van der Waals surface area contributed by atoms with E-state index in [1.807, 2.05) is 5.38 Å². The number of nitrogens with zero attached hydrogens (tertiary/aromatic N) is 2. The van der Waals surface area contributed by atoms with Gasteiger partial charge < -0.3 is 19.9 Å². The minimum Gasteiger partial charge on any atom is -0.450 e. The first kappa shape index (κ1) is 17.3. The molecule has 0 bridgehead atoms. The molecule has 1 aliphatic heterocycles. The number of ether oxygens (including phenoxy) is 1. The van der Waals surface area contributed by atoms with E-state index in [0.717, 1.165) is 0 Å². The van der Waals surface area contributed by atoms with Gasteiger partial charge in [0, 0.05) is 26.2 Å². The molecular weight excluding hydrogens is 318 g/mol. The molecule has 1 aliphatic rings. The van der Waals surface area contributed by atoms with Crippen molar-refractivity contribution >= 4 is 29.2 Å². The summed E-state index contributed by atoms with van der Waals surface area (Å²) >= 11 is 1.33. The summed E-state index contributed by atoms with van der Waals surface area (Å²) in [5, 5.41) is 4.52. The fraction of sp³-hybridized carbons (Fsp3) is 0.533. The number of amides is 3. The number of hydrogen-bond acceptors (Lipinski definition) is 5. The molecule has 1 aromatic rings. The largest absolute Gasteiger partial charge is 0.450 e. The Morgan fingerprint density at radius 3 is 2.48 bits per heavy atom. The molecule has 126 valence electrons. The summed E-state index contributed by atoms with van der Waals surface area (Å²) in [5.41, 5.74) is 0. The number of nitrogens with one attached hydrogen (secondary N) is 1. The Balaban J connectivity index is 1.82. The van der Waals surface area contributed by atoms with E-state index in [1.54, 1.807) is 35.8 Å². The van der Waals surface area contributed by atoms with Crippen LogP contribution in [0.25, 0.3) is 0 Å². The Hall–Kier alpha value is -2.09. The van der Waals surface area contributed by atoms with E-state index in [2.05, 4.69) is 5.32 Å². The molecule has 1 atom stereocenters. The lowest BCUT2D eigenvalue weighted by Crippen LogP contribution is -2.55. The molecule has 23 heavy (non-hydrogen) atoms. The summed E-state index contributed by atoms with van der Waals surface area (Å²) in [5.74, 6) is -0.385. The van der Waals surface area contributed by atoms with Crippen LogP contribution in [0.5, 0.6) is 0 Å². The zero-order chi connectivity index (χ0) is 16.8. The molecule has 0 aliphatic carbocycles. The number of hydrogen-bond donors (Lipinski definition) is 1. The normalized spacial score (nSPS) is 15.9. The van der Waals surface area contributed by atoms with E-state index < -0.39 is 6.04 Å². The predicted octanol–water partition coefficient (Wildman–Crippen LogP) is 1.17. The van der Waals surface area contributed by atoms with Gasteiger partial charge in [-0.25, -0.2) is 4.79 Å². The van der Waals surface area contributed by atoms with Gasteiger partial charge in [0.25, 0.3) is 5.91 Å². The molecule has 1 fully saturated rings. The van der Waals surface area contributed by atoms with Gasteiger partial charge in [-0.15, -0.1) is 11.3 Å². The molecule has 0 aromatic carbocycles. The molecule has 7 nitrogen and oxygen atoms in total. The van der Waals surface area contributed by atoms with E-state index in [0.29, 0.717) is 37.7 Å². The number of piperazine rings is 1. The highest BCUT2D eigenvalue weighted by Gasteiger charge is 2.28. The Kier molecular flexibility index (Phi) is 5.97. The Bertz CT molecular complexity index is 553. The Morgan fingerprint density at radius 1 is 1.26 bits per heavy atom. The SMILES string of the molecule is CCOC(=O)N1CCN(C(=O)[C@H](C)NC(=O)c2cccs2)CC1. The first-order chi connectivity index (χ1) is 11.0. The van der Waals surface area contributed by atoms with Crippen molar-refractivity contribution in [1.29, 1.82) is 0 Å². The van der Waals surface area contributed by atoms with E-state index in [4.69, 9.17) is 4.74 Å². The van der Waals surface area contributed by atoms with Crippen LogP contribution in [-0.2, 0) is 9.53 Å². The molecule has 1 saturated heterocycles. The van der Waals surface area contributed by atoms with Gasteiger partial charge in [0.05, 0.1) is 11.5 Å². The fourth-order valence-electron chi connectivity index (χ4n) is 2.34. The summed E-state index contributed by atoms with van der Waals surface area (Å²) in [6.45, 7) is 5.53. The smallest absolute Gasteiger partial charge is 0.409 e. The van der Waals surface area contributed by atoms with Crippen LogP contribution in [0.15, 0.2) is 17.5 Å². The molecule has 2 heterocycles. The molecule has 0 unspecified atom stereocenters. The van der Waals surface area contributed by atoms with Crippen LogP contribution in [0, 0.1) is 0 Å². The van der Waals surface area contributed by atoms with Gasteiger partial charge in [-0.05, 0) is 25.3 Å². The third-order valence-corrected chi connectivity index (χ3v) is 4.45. The molecule has 0 saturated carbocycles. The lowest BCUT2D eigenvalue weighted by Gasteiger charge is -2.35. The second kappa shape index (κ2) is 7.96. The first-order valence-corrected chi connectivity index (χ1v) is 8.45. The predicted molar refractivity (Wildman–Crippen MR) is 86.4 cm³/mol. The average molecular weight is 339 g/mol. The van der Waals surface area contributed by atoms with Crippen LogP contribution >= 0.6 is 11.3 Å². The van der Waals surface area contributed by atoms with Crippen molar-refractivity contribution in [1.82, 2.24) is 15.1 Å². The number of carbonyl (C=O) groups is 3. The first-order valence-electron chi connectivity index (χ1n) is 7.57. The summed E-state index contributed by atoms with van der Waals surface area (Å²) < 4.78 is 4.95. The Morgan fingerprint density at radius 2 is 1.91 bits per heavy atom. The molecule has 2 rings (SSSR count). The van der Waals surface area contributed by atoms with E-state index in [-0.39, 0.29) is 17.9 Å². The maximum atomic E-state index is 12.4. The van der Waals surface area contributed by atoms with E-state index >= 15 is 0 Å². The van der Waals surface area contributed by atoms with Crippen LogP contribution < -0.4 is 5.32 Å². The third-order valence-electron chi connectivity index (χ3n) is 3.58. The number of thiophene rings is 1. The lowest BCUT2D eigenvalue weighted by atomic mass is 10.2. The highest BCUT2D eigenvalue weighted by Crippen LogP contribution is 2.10. The van der Waals surface area contributed by atoms with Gasteiger partial charge >= 0.3 is 6.09 Å². The van der Waals surface area contributed by atoms with Crippen molar-refractivity contribution in [3.63, 3.8) is 0 Å². The van der Waals surface area contributed by atoms with Gasteiger partial charge in [0.2, 0.25) is 5.91 Å². The van der Waals surface area contributed by atoms with Gasteiger partial charge in [0.15, 0.2) is 0 Å². The quantitative estimate of drug-likeness (QED) is 0.893. The molecular formula is C15H21N3O4S. The maximum Gasteiger partial charge on any atom is 0.409 e. The van der Waals surface area contributed by atoms with Crippen molar-refractivity contribution in [3.05, 3.63) is 22.4 Å². The fourth-order valence-corrected chi connectivity index (χ4v) is 2.96. The zero-order valence-corrected chi connectivity index (χ0v) is 14.1. The minimum absolute atomic E-state index is 0.140. The van der Waals surface area contributed by atoms with Gasteiger partial charge in [-0.1, -0.05) is 6.07 Å². The highest BCUT2D eigenvalue weighted by molar-refractivity contribution is 7.12. The van der Waals surface area contributed by atoms with Crippen LogP contribution in [0.1, 0.15) is 23.5 Å². The second-order valence-corrected chi connectivity index (χ2v) is 6.13. The molecule has 3 amide bonds. The Labute approximate surface area is 139 Å². The van der Waals surface area contributed by atoms with Crippen LogP contribution in [-0.4, -0.2) is 66.5 Å². The van der Waals surface area contributed by atoms with E-state index in [9.17, 15) is 14.4 Å². The van der Waals surface area contributed by atoms with Crippen molar-refractivity contribution < 1.29 is 19.1 Å². The van der Waals surface area contributed by atoms with Gasteiger partial charge in [-0.2, -0.15) is 0 Å². The molecule has 0 radical (unpaired) electrons. The van der Waals surface area contributed by atoms with Crippen molar-refractivity contribution in [3.8, 4) is 0 Å². The van der Waals surface area contributed by atoms with Crippen molar-refractivity contribution in [2.24, 2.45) is 0 Å².